The molecule has 2 aliphatic rings. The predicted octanol–water partition coefficient (Wildman–Crippen LogP) is 2.64. The van der Waals surface area contributed by atoms with Crippen LogP contribution in [0.25, 0.3) is 0 Å². The molecule has 2 fully saturated rings. The average Bonchev–Trinajstić information content (AvgIpc) is 3.13. The summed E-state index contributed by atoms with van der Waals surface area (Å²) in [6.45, 7) is 1.23. The lowest BCUT2D eigenvalue weighted by atomic mass is 10.0. The molecule has 1 heterocycles. The van der Waals surface area contributed by atoms with Crippen molar-refractivity contribution in [2.24, 2.45) is 0 Å². The maximum Gasteiger partial charge on any atom is 0.244 e. The molecule has 138 valence electrons. The number of rotatable bonds is 4. The van der Waals surface area contributed by atoms with E-state index in [1.54, 1.807) is 17.0 Å². The molecule has 1 saturated heterocycles. The Hall–Kier alpha value is -1.11. The fourth-order valence-electron chi connectivity index (χ4n) is 4.04. The number of carbonyl (C=O) groups is 1. The SMILES string of the molecule is CNC1CCN(C(=O)C2(S(=O)(=O)c3ccc(Cl)cc3)CCCC2)CC1. The van der Waals surface area contributed by atoms with Crippen molar-refractivity contribution < 1.29 is 13.2 Å². The third kappa shape index (κ3) is 3.32. The van der Waals surface area contributed by atoms with Gasteiger partial charge in [0.25, 0.3) is 0 Å². The molecule has 1 aliphatic carbocycles. The summed E-state index contributed by atoms with van der Waals surface area (Å²) in [5, 5.41) is 3.72. The van der Waals surface area contributed by atoms with E-state index in [4.69, 9.17) is 11.6 Å². The molecule has 0 radical (unpaired) electrons. The van der Waals surface area contributed by atoms with Crippen molar-refractivity contribution in [1.29, 1.82) is 0 Å². The Balaban J connectivity index is 1.91. The van der Waals surface area contributed by atoms with Crippen molar-refractivity contribution in [2.45, 2.75) is 54.2 Å². The summed E-state index contributed by atoms with van der Waals surface area (Å²) in [6, 6.07) is 6.56. The third-order valence-corrected chi connectivity index (χ3v) is 8.39. The number of halogens is 1. The van der Waals surface area contributed by atoms with Gasteiger partial charge in [0.05, 0.1) is 4.90 Å². The first kappa shape index (κ1) is 18.7. The number of sulfone groups is 1. The number of likely N-dealkylation sites (tertiary alicyclic amines) is 1. The van der Waals surface area contributed by atoms with E-state index < -0.39 is 14.6 Å². The Morgan fingerprint density at radius 1 is 1.16 bits per heavy atom. The molecular weight excluding hydrogens is 360 g/mol. The van der Waals surface area contributed by atoms with Gasteiger partial charge in [-0.05, 0) is 57.0 Å². The molecule has 1 amide bonds. The summed E-state index contributed by atoms with van der Waals surface area (Å²) in [6.07, 6.45) is 4.07. The van der Waals surface area contributed by atoms with Crippen LogP contribution in [0, 0.1) is 0 Å². The van der Waals surface area contributed by atoms with Crippen molar-refractivity contribution in [1.82, 2.24) is 10.2 Å². The average molecular weight is 385 g/mol. The number of hydrogen-bond acceptors (Lipinski definition) is 4. The summed E-state index contributed by atoms with van der Waals surface area (Å²) in [5.41, 5.74) is 0. The summed E-state index contributed by atoms with van der Waals surface area (Å²) in [4.78, 5) is 15.3. The van der Waals surface area contributed by atoms with Crippen molar-refractivity contribution in [3.63, 3.8) is 0 Å². The number of benzene rings is 1. The van der Waals surface area contributed by atoms with Crippen LogP contribution < -0.4 is 5.32 Å². The van der Waals surface area contributed by atoms with Crippen molar-refractivity contribution in [2.75, 3.05) is 20.1 Å². The van der Waals surface area contributed by atoms with Gasteiger partial charge in [0, 0.05) is 24.2 Å². The molecule has 0 aromatic heterocycles. The Labute approximate surface area is 154 Å². The number of piperidine rings is 1. The lowest BCUT2D eigenvalue weighted by molar-refractivity contribution is -0.135. The number of carbonyl (C=O) groups excluding carboxylic acids is 1. The lowest BCUT2D eigenvalue weighted by Gasteiger charge is -2.38. The van der Waals surface area contributed by atoms with Crippen LogP contribution in [0.15, 0.2) is 29.2 Å². The molecule has 1 aromatic carbocycles. The predicted molar refractivity (Wildman–Crippen MR) is 98.5 cm³/mol. The molecule has 25 heavy (non-hydrogen) atoms. The van der Waals surface area contributed by atoms with Crippen LogP contribution in [-0.4, -0.2) is 50.2 Å². The molecule has 0 bridgehead atoms. The highest BCUT2D eigenvalue weighted by atomic mass is 35.5. The molecule has 1 aromatic rings. The molecule has 1 N–H and O–H groups in total. The molecule has 0 unspecified atom stereocenters. The second-order valence-corrected chi connectivity index (χ2v) is 9.71. The summed E-state index contributed by atoms with van der Waals surface area (Å²) in [5.74, 6) is -0.213. The summed E-state index contributed by atoms with van der Waals surface area (Å²) in [7, 11) is -1.83. The topological polar surface area (TPSA) is 66.5 Å². The zero-order valence-corrected chi connectivity index (χ0v) is 16.1. The lowest BCUT2D eigenvalue weighted by Crippen LogP contribution is -2.55. The highest BCUT2D eigenvalue weighted by Crippen LogP contribution is 2.42. The Kier molecular flexibility index (Phi) is 5.42. The fraction of sp³-hybridized carbons (Fsp3) is 0.611. The standard InChI is InChI=1S/C18H25ClN2O3S/c1-20-15-8-12-21(13-9-15)17(22)18(10-2-3-11-18)25(23,24)16-6-4-14(19)5-7-16/h4-7,15,20H,2-3,8-13H2,1H3. The van der Waals surface area contributed by atoms with Gasteiger partial charge in [-0.15, -0.1) is 0 Å². The third-order valence-electron chi connectivity index (χ3n) is 5.63. The minimum atomic E-state index is -3.75. The highest BCUT2D eigenvalue weighted by molar-refractivity contribution is 7.93. The van der Waals surface area contributed by atoms with Crippen LogP contribution in [0.4, 0.5) is 0 Å². The van der Waals surface area contributed by atoms with Crippen LogP contribution in [0.1, 0.15) is 38.5 Å². The van der Waals surface area contributed by atoms with E-state index in [1.165, 1.54) is 12.1 Å². The normalized spacial score (nSPS) is 21.4. The van der Waals surface area contributed by atoms with Gasteiger partial charge in [-0.3, -0.25) is 4.79 Å². The van der Waals surface area contributed by atoms with Gasteiger partial charge in [-0.2, -0.15) is 0 Å². The minimum absolute atomic E-state index is 0.192. The minimum Gasteiger partial charge on any atom is -0.341 e. The quantitative estimate of drug-likeness (QED) is 0.866. The first-order valence-corrected chi connectivity index (χ1v) is 10.7. The molecule has 0 spiro atoms. The summed E-state index contributed by atoms with van der Waals surface area (Å²) < 4.78 is 25.4. The van der Waals surface area contributed by atoms with E-state index in [9.17, 15) is 13.2 Å². The summed E-state index contributed by atoms with van der Waals surface area (Å²) >= 11 is 5.89. The molecule has 1 aliphatic heterocycles. The molecular formula is C18H25ClN2O3S. The number of hydrogen-bond donors (Lipinski definition) is 1. The van der Waals surface area contributed by atoms with Crippen LogP contribution in [0.2, 0.25) is 5.02 Å². The van der Waals surface area contributed by atoms with E-state index in [0.29, 0.717) is 37.0 Å². The van der Waals surface area contributed by atoms with Crippen LogP contribution in [0.5, 0.6) is 0 Å². The van der Waals surface area contributed by atoms with Gasteiger partial charge in [0.1, 0.15) is 0 Å². The largest absolute Gasteiger partial charge is 0.341 e. The zero-order valence-electron chi connectivity index (χ0n) is 14.5. The van der Waals surface area contributed by atoms with Gasteiger partial charge in [0.15, 0.2) is 14.6 Å². The molecule has 5 nitrogen and oxygen atoms in total. The monoisotopic (exact) mass is 384 g/mol. The van der Waals surface area contributed by atoms with E-state index in [1.807, 2.05) is 7.05 Å². The number of amides is 1. The number of nitrogens with one attached hydrogen (secondary N) is 1. The number of nitrogens with zero attached hydrogens (tertiary/aromatic N) is 1. The highest BCUT2D eigenvalue weighted by Gasteiger charge is 2.54. The van der Waals surface area contributed by atoms with E-state index in [2.05, 4.69) is 5.32 Å². The Bertz CT molecular complexity index is 719. The van der Waals surface area contributed by atoms with Crippen molar-refractivity contribution >= 4 is 27.3 Å². The Morgan fingerprint density at radius 3 is 2.24 bits per heavy atom. The fourth-order valence-corrected chi connectivity index (χ4v) is 6.30. The second kappa shape index (κ2) is 7.25. The first-order chi connectivity index (χ1) is 11.9. The van der Waals surface area contributed by atoms with Gasteiger partial charge >= 0.3 is 0 Å². The maximum absolute atomic E-state index is 13.4. The van der Waals surface area contributed by atoms with Crippen LogP contribution in [-0.2, 0) is 14.6 Å². The second-order valence-electron chi connectivity index (χ2n) is 7.01. The van der Waals surface area contributed by atoms with Gasteiger partial charge in [-0.25, -0.2) is 8.42 Å². The van der Waals surface area contributed by atoms with Gasteiger partial charge in [-0.1, -0.05) is 24.4 Å². The maximum atomic E-state index is 13.4. The smallest absolute Gasteiger partial charge is 0.244 e. The van der Waals surface area contributed by atoms with Crippen molar-refractivity contribution in [3.05, 3.63) is 29.3 Å². The van der Waals surface area contributed by atoms with Crippen LogP contribution >= 0.6 is 11.6 Å². The van der Waals surface area contributed by atoms with E-state index in [-0.39, 0.29) is 10.8 Å². The molecule has 3 rings (SSSR count). The molecule has 7 heteroatoms. The van der Waals surface area contributed by atoms with Crippen LogP contribution in [0.3, 0.4) is 0 Å². The van der Waals surface area contributed by atoms with Gasteiger partial charge < -0.3 is 10.2 Å². The molecule has 0 atom stereocenters. The van der Waals surface area contributed by atoms with E-state index >= 15 is 0 Å². The zero-order chi connectivity index (χ0) is 18.1. The molecule has 1 saturated carbocycles. The van der Waals surface area contributed by atoms with Gasteiger partial charge in [0.2, 0.25) is 5.91 Å². The van der Waals surface area contributed by atoms with E-state index in [0.717, 1.165) is 25.7 Å². The Morgan fingerprint density at radius 2 is 1.72 bits per heavy atom. The van der Waals surface area contributed by atoms with Crippen molar-refractivity contribution in [3.8, 4) is 0 Å². The first-order valence-electron chi connectivity index (χ1n) is 8.87.